The third kappa shape index (κ3) is 5.34. The molecule has 2 aromatic carbocycles. The molecule has 1 atom stereocenters. The first-order valence-electron chi connectivity index (χ1n) is 13.7. The standard InChI is InChI=1S/C29H29Cl2N5O2S2/c1-29(10-11-29)40-35-27(37)17-7-8-22-23(13-17)39-28(33-22)36-12-9-18(15-36)32-14-19-25(34-38-26(19)16-5-6-16)24-20(30)3-2-4-21(24)31/h2-4,7-8,13,16,18,32H,5-6,9-12,14-15H2,1H3,(H,35,37). The lowest BCUT2D eigenvalue weighted by molar-refractivity contribution is 0.0984. The van der Waals surface area contributed by atoms with Crippen molar-refractivity contribution >= 4 is 67.7 Å². The lowest BCUT2D eigenvalue weighted by Crippen LogP contribution is -2.32. The minimum absolute atomic E-state index is 0.0443. The van der Waals surface area contributed by atoms with Gasteiger partial charge in [-0.05, 0) is 81.3 Å². The van der Waals surface area contributed by atoms with E-state index in [9.17, 15) is 4.79 Å². The number of carbonyl (C=O) groups is 1. The van der Waals surface area contributed by atoms with E-state index in [0.717, 1.165) is 83.1 Å². The van der Waals surface area contributed by atoms with E-state index in [1.54, 1.807) is 11.3 Å². The van der Waals surface area contributed by atoms with Gasteiger partial charge in [-0.3, -0.25) is 9.52 Å². The number of halogens is 2. The van der Waals surface area contributed by atoms with Gasteiger partial charge in [0.1, 0.15) is 11.5 Å². The minimum Gasteiger partial charge on any atom is -0.360 e. The van der Waals surface area contributed by atoms with Gasteiger partial charge in [0.05, 0.1) is 20.3 Å². The van der Waals surface area contributed by atoms with Gasteiger partial charge in [0, 0.05) is 53.0 Å². The molecule has 7 rings (SSSR count). The molecule has 11 heteroatoms. The van der Waals surface area contributed by atoms with E-state index in [1.807, 2.05) is 36.4 Å². The Morgan fingerprint density at radius 3 is 2.75 bits per heavy atom. The zero-order chi connectivity index (χ0) is 27.4. The number of fused-ring (bicyclic) bond motifs is 1. The van der Waals surface area contributed by atoms with Crippen LogP contribution in [-0.2, 0) is 6.54 Å². The summed E-state index contributed by atoms with van der Waals surface area (Å²) in [4.78, 5) is 19.9. The van der Waals surface area contributed by atoms with Crippen LogP contribution in [0.5, 0.6) is 0 Å². The first-order valence-corrected chi connectivity index (χ1v) is 16.1. The molecule has 0 radical (unpaired) electrons. The number of hydrogen-bond donors (Lipinski definition) is 2. The zero-order valence-corrected chi connectivity index (χ0v) is 25.2. The smallest absolute Gasteiger partial charge is 0.261 e. The highest BCUT2D eigenvalue weighted by Gasteiger charge is 2.39. The van der Waals surface area contributed by atoms with Crippen LogP contribution >= 0.6 is 46.5 Å². The molecule has 2 N–H and O–H groups in total. The normalized spacial score (nSPS) is 19.9. The topological polar surface area (TPSA) is 83.3 Å². The maximum atomic E-state index is 12.7. The van der Waals surface area contributed by atoms with Gasteiger partial charge in [-0.25, -0.2) is 4.98 Å². The number of aromatic nitrogens is 2. The maximum absolute atomic E-state index is 12.7. The van der Waals surface area contributed by atoms with Crippen LogP contribution in [0.3, 0.4) is 0 Å². The Balaban J connectivity index is 1.03. The Morgan fingerprint density at radius 2 is 2.00 bits per heavy atom. The van der Waals surface area contributed by atoms with Crippen LogP contribution in [0.1, 0.15) is 66.6 Å². The number of thiazole rings is 1. The van der Waals surface area contributed by atoms with Crippen LogP contribution in [0.15, 0.2) is 40.9 Å². The van der Waals surface area contributed by atoms with E-state index >= 15 is 0 Å². The van der Waals surface area contributed by atoms with Crippen LogP contribution in [-0.4, -0.2) is 39.9 Å². The van der Waals surface area contributed by atoms with Crippen molar-refractivity contribution < 1.29 is 9.32 Å². The Hall–Kier alpha value is -2.30. The molecule has 1 aliphatic heterocycles. The lowest BCUT2D eigenvalue weighted by atomic mass is 10.0. The average Bonchev–Trinajstić information content (AvgIpc) is 3.75. The molecule has 3 aliphatic rings. The second-order valence-corrected chi connectivity index (χ2v) is 14.4. The van der Waals surface area contributed by atoms with E-state index in [2.05, 4.69) is 27.0 Å². The number of anilines is 1. The Labute approximate surface area is 251 Å². The molecule has 1 amide bonds. The summed E-state index contributed by atoms with van der Waals surface area (Å²) in [6.45, 7) is 4.59. The third-order valence-electron chi connectivity index (χ3n) is 7.98. The second-order valence-electron chi connectivity index (χ2n) is 11.2. The molecule has 4 aromatic rings. The molecule has 7 nitrogen and oxygen atoms in total. The molecule has 2 aliphatic carbocycles. The molecule has 0 spiro atoms. The number of nitrogens with zero attached hydrogens (tertiary/aromatic N) is 3. The second kappa shape index (κ2) is 10.5. The van der Waals surface area contributed by atoms with Gasteiger partial charge in [0.25, 0.3) is 5.91 Å². The number of carbonyl (C=O) groups excluding carboxylic acids is 1. The monoisotopic (exact) mass is 613 g/mol. The Morgan fingerprint density at radius 1 is 1.20 bits per heavy atom. The summed E-state index contributed by atoms with van der Waals surface area (Å²) in [5, 5.41) is 10.3. The first-order chi connectivity index (χ1) is 19.4. The molecule has 1 unspecified atom stereocenters. The van der Waals surface area contributed by atoms with Crippen LogP contribution in [0.25, 0.3) is 21.5 Å². The van der Waals surface area contributed by atoms with Crippen molar-refractivity contribution in [2.45, 2.75) is 62.3 Å². The first kappa shape index (κ1) is 26.6. The van der Waals surface area contributed by atoms with Crippen LogP contribution in [0.4, 0.5) is 5.13 Å². The molecule has 208 valence electrons. The van der Waals surface area contributed by atoms with Crippen molar-refractivity contribution in [1.29, 1.82) is 0 Å². The summed E-state index contributed by atoms with van der Waals surface area (Å²) in [5.41, 5.74) is 4.12. The van der Waals surface area contributed by atoms with Crippen molar-refractivity contribution in [2.24, 2.45) is 0 Å². The highest BCUT2D eigenvalue weighted by molar-refractivity contribution is 7.99. The van der Waals surface area contributed by atoms with E-state index in [4.69, 9.17) is 32.7 Å². The zero-order valence-electron chi connectivity index (χ0n) is 22.0. The van der Waals surface area contributed by atoms with E-state index < -0.39 is 0 Å². The quantitative estimate of drug-likeness (QED) is 0.190. The SMILES string of the molecule is CC1(SNC(=O)c2ccc3nc(N4CCC(NCc5c(-c6c(Cl)cccc6Cl)noc5C5CC5)C4)sc3c2)CC1. The summed E-state index contributed by atoms with van der Waals surface area (Å²) in [5.74, 6) is 1.32. The Kier molecular flexibility index (Phi) is 6.99. The van der Waals surface area contributed by atoms with Crippen LogP contribution in [0.2, 0.25) is 10.0 Å². The molecule has 0 bridgehead atoms. The maximum Gasteiger partial charge on any atom is 0.261 e. The molecular formula is C29H29Cl2N5O2S2. The van der Waals surface area contributed by atoms with E-state index in [-0.39, 0.29) is 10.7 Å². The molecular weight excluding hydrogens is 585 g/mol. The summed E-state index contributed by atoms with van der Waals surface area (Å²) in [7, 11) is 0. The molecule has 2 aromatic heterocycles. The summed E-state index contributed by atoms with van der Waals surface area (Å²) >= 11 is 16.2. The molecule has 1 saturated heterocycles. The number of nitrogens with one attached hydrogen (secondary N) is 2. The number of benzene rings is 2. The van der Waals surface area contributed by atoms with Crippen LogP contribution in [0, 0.1) is 0 Å². The highest BCUT2D eigenvalue weighted by atomic mass is 35.5. The van der Waals surface area contributed by atoms with Gasteiger partial charge in [-0.2, -0.15) is 0 Å². The Bertz CT molecular complexity index is 1580. The number of amides is 1. The van der Waals surface area contributed by atoms with Crippen molar-refractivity contribution in [3.63, 3.8) is 0 Å². The van der Waals surface area contributed by atoms with Crippen molar-refractivity contribution in [3.05, 3.63) is 63.3 Å². The van der Waals surface area contributed by atoms with Gasteiger partial charge in [0.15, 0.2) is 5.13 Å². The van der Waals surface area contributed by atoms with Gasteiger partial charge in [-0.1, -0.05) is 45.8 Å². The van der Waals surface area contributed by atoms with Gasteiger partial charge in [0.2, 0.25) is 0 Å². The third-order valence-corrected chi connectivity index (χ3v) is 10.9. The van der Waals surface area contributed by atoms with Gasteiger partial charge < -0.3 is 14.7 Å². The minimum atomic E-state index is -0.0443. The summed E-state index contributed by atoms with van der Waals surface area (Å²) in [6, 6.07) is 11.6. The fourth-order valence-corrected chi connectivity index (χ4v) is 7.50. The van der Waals surface area contributed by atoms with Crippen LogP contribution < -0.4 is 14.9 Å². The van der Waals surface area contributed by atoms with Gasteiger partial charge >= 0.3 is 0 Å². The predicted molar refractivity (Wildman–Crippen MR) is 164 cm³/mol. The van der Waals surface area contributed by atoms with Gasteiger partial charge in [-0.15, -0.1) is 0 Å². The van der Waals surface area contributed by atoms with Crippen molar-refractivity contribution in [1.82, 2.24) is 20.2 Å². The fraction of sp³-hybridized carbons (Fsp3) is 0.414. The lowest BCUT2D eigenvalue weighted by Gasteiger charge is -2.16. The molecule has 3 fully saturated rings. The molecule has 40 heavy (non-hydrogen) atoms. The average molecular weight is 615 g/mol. The van der Waals surface area contributed by atoms with Crippen molar-refractivity contribution in [2.75, 3.05) is 18.0 Å². The number of rotatable bonds is 9. The molecule has 2 saturated carbocycles. The molecule has 3 heterocycles. The summed E-state index contributed by atoms with van der Waals surface area (Å²) < 4.78 is 10.1. The van der Waals surface area contributed by atoms with Crippen molar-refractivity contribution in [3.8, 4) is 11.3 Å². The number of hydrogen-bond acceptors (Lipinski definition) is 8. The largest absolute Gasteiger partial charge is 0.360 e. The summed E-state index contributed by atoms with van der Waals surface area (Å²) in [6.07, 6.45) is 5.55. The fourth-order valence-electron chi connectivity index (χ4n) is 5.12. The highest BCUT2D eigenvalue weighted by Crippen LogP contribution is 2.47. The van der Waals surface area contributed by atoms with E-state index in [1.165, 1.54) is 11.9 Å². The van der Waals surface area contributed by atoms with E-state index in [0.29, 0.717) is 34.1 Å². The predicted octanol–water partition coefficient (Wildman–Crippen LogP) is 7.43.